The van der Waals surface area contributed by atoms with Crippen molar-refractivity contribution in [1.82, 2.24) is 10.3 Å². The van der Waals surface area contributed by atoms with Gasteiger partial charge in [0.05, 0.1) is 5.69 Å². The number of nitrogens with one attached hydrogen (secondary N) is 1. The van der Waals surface area contributed by atoms with Crippen molar-refractivity contribution in [3.63, 3.8) is 0 Å². The van der Waals surface area contributed by atoms with Crippen molar-refractivity contribution >= 4 is 34.8 Å². The van der Waals surface area contributed by atoms with Crippen molar-refractivity contribution in [2.24, 2.45) is 5.73 Å². The number of aryl methyl sites for hydroxylation is 1. The van der Waals surface area contributed by atoms with Crippen LogP contribution >= 0.6 is 22.9 Å². The summed E-state index contributed by atoms with van der Waals surface area (Å²) in [6.07, 6.45) is 0. The third-order valence-electron chi connectivity index (χ3n) is 3.92. The number of nitrogens with zero attached hydrogens (tertiary/aromatic N) is 1. The molecule has 2 amide bonds. The number of rotatable bonds is 7. The Hall–Kier alpha value is -2.90. The van der Waals surface area contributed by atoms with Gasteiger partial charge in [-0.15, -0.1) is 11.3 Å². The molecule has 28 heavy (non-hydrogen) atoms. The highest BCUT2D eigenvalue weighted by molar-refractivity contribution is 7.13. The molecule has 2 aromatic carbocycles. The minimum Gasteiger partial charge on any atom is -0.486 e. The van der Waals surface area contributed by atoms with Gasteiger partial charge in [-0.2, -0.15) is 0 Å². The number of benzene rings is 2. The number of aromatic nitrogens is 1. The summed E-state index contributed by atoms with van der Waals surface area (Å²) in [5.41, 5.74) is 6.65. The maximum Gasteiger partial charge on any atom is 0.264 e. The topological polar surface area (TPSA) is 94.3 Å². The fraction of sp³-hybridized carbons (Fsp3) is 0.150. The standard InChI is InChI=1S/C20H18ClN3O3S/c1-12-18(20(26)24-17(19(22)25)13-5-3-2-4-6-13)28-16(23-12)11-27-15-9-7-14(21)8-10-15/h2-10,17H,11H2,1H3,(H2,22,25)(H,24,26)/t17-/m0/s1. The lowest BCUT2D eigenvalue weighted by atomic mass is 10.1. The largest absolute Gasteiger partial charge is 0.486 e. The first kappa shape index (κ1) is 19.9. The lowest BCUT2D eigenvalue weighted by Gasteiger charge is -2.15. The van der Waals surface area contributed by atoms with Gasteiger partial charge in [0.2, 0.25) is 5.91 Å². The number of carbonyl (C=O) groups excluding carboxylic acids is 2. The molecule has 1 heterocycles. The van der Waals surface area contributed by atoms with Crippen LogP contribution in [0.25, 0.3) is 0 Å². The molecule has 3 aromatic rings. The Labute approximate surface area is 171 Å². The van der Waals surface area contributed by atoms with Crippen LogP contribution in [-0.4, -0.2) is 16.8 Å². The number of ether oxygens (including phenoxy) is 1. The zero-order chi connectivity index (χ0) is 20.1. The van der Waals surface area contributed by atoms with Crippen LogP contribution in [0.4, 0.5) is 0 Å². The minimum atomic E-state index is -0.913. The van der Waals surface area contributed by atoms with E-state index in [1.54, 1.807) is 55.5 Å². The van der Waals surface area contributed by atoms with Crippen molar-refractivity contribution in [2.75, 3.05) is 0 Å². The summed E-state index contributed by atoms with van der Waals surface area (Å²) in [7, 11) is 0. The Morgan fingerprint density at radius 1 is 1.18 bits per heavy atom. The molecule has 0 aliphatic carbocycles. The Kier molecular flexibility index (Phi) is 6.28. The van der Waals surface area contributed by atoms with Crippen molar-refractivity contribution in [2.45, 2.75) is 19.6 Å². The molecule has 1 aromatic heterocycles. The lowest BCUT2D eigenvalue weighted by molar-refractivity contribution is -0.120. The van der Waals surface area contributed by atoms with Crippen molar-refractivity contribution in [1.29, 1.82) is 0 Å². The second-order valence-electron chi connectivity index (χ2n) is 5.98. The zero-order valence-electron chi connectivity index (χ0n) is 15.0. The molecule has 1 atom stereocenters. The summed E-state index contributed by atoms with van der Waals surface area (Å²) < 4.78 is 5.67. The normalized spacial score (nSPS) is 11.6. The maximum atomic E-state index is 12.7. The van der Waals surface area contributed by atoms with Crippen molar-refractivity contribution < 1.29 is 14.3 Å². The molecular weight excluding hydrogens is 398 g/mol. The summed E-state index contributed by atoms with van der Waals surface area (Å²) in [6.45, 7) is 1.96. The average molecular weight is 416 g/mol. The Morgan fingerprint density at radius 3 is 2.50 bits per heavy atom. The highest BCUT2D eigenvalue weighted by atomic mass is 35.5. The van der Waals surface area contributed by atoms with Gasteiger partial charge >= 0.3 is 0 Å². The molecule has 144 valence electrons. The lowest BCUT2D eigenvalue weighted by Crippen LogP contribution is -2.37. The number of amides is 2. The van der Waals surface area contributed by atoms with E-state index >= 15 is 0 Å². The van der Waals surface area contributed by atoms with Crippen LogP contribution < -0.4 is 15.8 Å². The summed E-state index contributed by atoms with van der Waals surface area (Å²) in [5, 5.41) is 3.95. The summed E-state index contributed by atoms with van der Waals surface area (Å²) in [6, 6.07) is 14.9. The van der Waals surface area contributed by atoms with E-state index in [9.17, 15) is 9.59 Å². The molecule has 0 radical (unpaired) electrons. The fourth-order valence-electron chi connectivity index (χ4n) is 2.56. The van der Waals surface area contributed by atoms with Crippen LogP contribution in [0.15, 0.2) is 54.6 Å². The highest BCUT2D eigenvalue weighted by Gasteiger charge is 2.23. The average Bonchev–Trinajstić information content (AvgIpc) is 3.06. The van der Waals surface area contributed by atoms with Gasteiger partial charge in [0.1, 0.15) is 28.3 Å². The molecule has 0 fully saturated rings. The van der Waals surface area contributed by atoms with Crippen molar-refractivity contribution in [3.8, 4) is 5.75 Å². The zero-order valence-corrected chi connectivity index (χ0v) is 16.6. The molecule has 0 unspecified atom stereocenters. The molecule has 0 bridgehead atoms. The predicted octanol–water partition coefficient (Wildman–Crippen LogP) is 3.64. The molecule has 3 N–H and O–H groups in total. The van der Waals surface area contributed by atoms with E-state index in [0.717, 1.165) is 0 Å². The SMILES string of the molecule is Cc1nc(COc2ccc(Cl)cc2)sc1C(=O)N[C@H](C(N)=O)c1ccccc1. The van der Waals surface area contributed by atoms with E-state index in [0.29, 0.717) is 31.9 Å². The highest BCUT2D eigenvalue weighted by Crippen LogP contribution is 2.22. The van der Waals surface area contributed by atoms with Crippen LogP contribution in [0.2, 0.25) is 5.02 Å². The number of primary amides is 1. The monoisotopic (exact) mass is 415 g/mol. The first-order valence-corrected chi connectivity index (χ1v) is 9.63. The summed E-state index contributed by atoms with van der Waals surface area (Å²) in [5.74, 6) is -0.380. The second kappa shape index (κ2) is 8.86. The third-order valence-corrected chi connectivity index (χ3v) is 5.30. The minimum absolute atomic E-state index is 0.221. The van der Waals surface area contributed by atoms with E-state index in [1.807, 2.05) is 6.07 Å². The molecule has 3 rings (SSSR count). The van der Waals surface area contributed by atoms with Gasteiger partial charge in [-0.25, -0.2) is 4.98 Å². The Bertz CT molecular complexity index is 974. The van der Waals surface area contributed by atoms with Crippen LogP contribution in [0.3, 0.4) is 0 Å². The van der Waals surface area contributed by atoms with Gasteiger partial charge in [-0.05, 0) is 36.8 Å². The fourth-order valence-corrected chi connectivity index (χ4v) is 3.57. The van der Waals surface area contributed by atoms with E-state index in [1.165, 1.54) is 11.3 Å². The molecule has 0 saturated carbocycles. The number of hydrogen-bond acceptors (Lipinski definition) is 5. The van der Waals surface area contributed by atoms with Crippen LogP contribution in [0, 0.1) is 6.92 Å². The summed E-state index contributed by atoms with van der Waals surface area (Å²) >= 11 is 7.07. The molecule has 8 heteroatoms. The third kappa shape index (κ3) is 4.88. The molecule has 6 nitrogen and oxygen atoms in total. The molecule has 0 spiro atoms. The number of hydrogen-bond donors (Lipinski definition) is 2. The van der Waals surface area contributed by atoms with Crippen LogP contribution in [0.5, 0.6) is 5.75 Å². The maximum absolute atomic E-state index is 12.7. The number of nitrogens with two attached hydrogens (primary N) is 1. The smallest absolute Gasteiger partial charge is 0.264 e. The van der Waals surface area contributed by atoms with Gasteiger partial charge < -0.3 is 15.8 Å². The first-order chi connectivity index (χ1) is 13.4. The molecule has 0 aliphatic heterocycles. The van der Waals surface area contributed by atoms with Gasteiger partial charge in [-0.1, -0.05) is 41.9 Å². The number of carbonyl (C=O) groups is 2. The van der Waals surface area contributed by atoms with Crippen LogP contribution in [0.1, 0.15) is 32.0 Å². The Morgan fingerprint density at radius 2 is 1.86 bits per heavy atom. The van der Waals surface area contributed by atoms with Gasteiger partial charge in [0.15, 0.2) is 0 Å². The quantitative estimate of drug-likeness (QED) is 0.615. The Balaban J connectivity index is 1.70. The van der Waals surface area contributed by atoms with E-state index in [4.69, 9.17) is 22.1 Å². The van der Waals surface area contributed by atoms with Crippen molar-refractivity contribution in [3.05, 3.63) is 80.8 Å². The van der Waals surface area contributed by atoms with E-state index < -0.39 is 17.9 Å². The first-order valence-electron chi connectivity index (χ1n) is 8.44. The predicted molar refractivity (Wildman–Crippen MR) is 108 cm³/mol. The van der Waals surface area contributed by atoms with Gasteiger partial charge in [-0.3, -0.25) is 9.59 Å². The second-order valence-corrected chi connectivity index (χ2v) is 7.50. The van der Waals surface area contributed by atoms with Crippen LogP contribution in [-0.2, 0) is 11.4 Å². The molecular formula is C20H18ClN3O3S. The van der Waals surface area contributed by atoms with Gasteiger partial charge in [0.25, 0.3) is 5.91 Å². The van der Waals surface area contributed by atoms with E-state index in [-0.39, 0.29) is 6.61 Å². The summed E-state index contributed by atoms with van der Waals surface area (Å²) in [4.78, 5) is 29.3. The molecule has 0 aliphatic rings. The van der Waals surface area contributed by atoms with E-state index in [2.05, 4.69) is 10.3 Å². The molecule has 0 saturated heterocycles. The number of thiazole rings is 1. The van der Waals surface area contributed by atoms with Gasteiger partial charge in [0, 0.05) is 5.02 Å². The number of halogens is 1.